The van der Waals surface area contributed by atoms with Crippen LogP contribution in [0.5, 0.6) is 0 Å². The molecule has 1 N–H and O–H groups in total. The Kier molecular flexibility index (Phi) is 4.66. The van der Waals surface area contributed by atoms with Crippen molar-refractivity contribution < 1.29 is 4.39 Å². The molecule has 1 saturated carbocycles. The van der Waals surface area contributed by atoms with Gasteiger partial charge in [-0.2, -0.15) is 0 Å². The van der Waals surface area contributed by atoms with Crippen LogP contribution in [0.3, 0.4) is 0 Å². The molecule has 2 nitrogen and oxygen atoms in total. The number of benzene rings is 1. The normalized spacial score (nSPS) is 14.6. The van der Waals surface area contributed by atoms with Gasteiger partial charge in [-0.3, -0.25) is 0 Å². The molecule has 21 heavy (non-hydrogen) atoms. The van der Waals surface area contributed by atoms with Gasteiger partial charge < -0.3 is 5.32 Å². The highest BCUT2D eigenvalue weighted by molar-refractivity contribution is 7.11. The van der Waals surface area contributed by atoms with Crippen molar-refractivity contribution in [3.63, 3.8) is 0 Å². The molecule has 112 valence electrons. The molecule has 0 atom stereocenters. The summed E-state index contributed by atoms with van der Waals surface area (Å²) in [5, 5.41) is 4.58. The molecular formula is C17H21FN2S. The number of rotatable bonds is 7. The van der Waals surface area contributed by atoms with E-state index >= 15 is 0 Å². The molecule has 0 radical (unpaired) electrons. The van der Waals surface area contributed by atoms with Crippen LogP contribution in [-0.2, 0) is 13.0 Å². The van der Waals surface area contributed by atoms with Gasteiger partial charge in [-0.05, 0) is 43.5 Å². The molecule has 1 aliphatic rings. The highest BCUT2D eigenvalue weighted by atomic mass is 32.1. The molecule has 1 aliphatic carbocycles. The number of hydrogen-bond donors (Lipinski definition) is 1. The van der Waals surface area contributed by atoms with E-state index in [1.54, 1.807) is 23.5 Å². The van der Waals surface area contributed by atoms with Gasteiger partial charge in [0.05, 0.1) is 10.7 Å². The third-order valence-corrected chi connectivity index (χ3v) is 4.76. The highest BCUT2D eigenvalue weighted by Gasteiger charge is 2.29. The fourth-order valence-electron chi connectivity index (χ4n) is 2.49. The van der Waals surface area contributed by atoms with E-state index in [0.29, 0.717) is 5.92 Å². The minimum Gasteiger partial charge on any atom is -0.312 e. The Morgan fingerprint density at radius 1 is 1.38 bits per heavy atom. The number of hydrogen-bond acceptors (Lipinski definition) is 3. The van der Waals surface area contributed by atoms with Gasteiger partial charge in [0.15, 0.2) is 0 Å². The molecule has 1 aromatic carbocycles. The van der Waals surface area contributed by atoms with E-state index < -0.39 is 0 Å². The van der Waals surface area contributed by atoms with E-state index in [-0.39, 0.29) is 5.82 Å². The molecule has 0 aliphatic heterocycles. The van der Waals surface area contributed by atoms with Crippen molar-refractivity contribution >= 4 is 11.3 Å². The quantitative estimate of drug-likeness (QED) is 0.774. The van der Waals surface area contributed by atoms with E-state index in [4.69, 9.17) is 4.98 Å². The van der Waals surface area contributed by atoms with Crippen molar-refractivity contribution in [2.75, 3.05) is 6.54 Å². The van der Waals surface area contributed by atoms with Crippen molar-refractivity contribution in [1.29, 1.82) is 0 Å². The van der Waals surface area contributed by atoms with Gasteiger partial charge in [0.25, 0.3) is 0 Å². The number of nitrogens with one attached hydrogen (secondary N) is 1. The van der Waals surface area contributed by atoms with Crippen LogP contribution in [0.2, 0.25) is 0 Å². The third kappa shape index (κ3) is 3.89. The average molecular weight is 304 g/mol. The SMILES string of the molecule is CCCNCc1sc(Cc2cccc(F)c2)nc1C1CC1. The Hall–Kier alpha value is -1.26. The Labute approximate surface area is 129 Å². The second kappa shape index (κ2) is 6.67. The first-order valence-electron chi connectivity index (χ1n) is 7.70. The minimum atomic E-state index is -0.170. The first kappa shape index (κ1) is 14.7. The molecule has 0 bridgehead atoms. The molecule has 0 unspecified atom stereocenters. The molecule has 1 aromatic heterocycles. The Balaban J connectivity index is 1.74. The van der Waals surface area contributed by atoms with Crippen LogP contribution in [-0.4, -0.2) is 11.5 Å². The second-order valence-electron chi connectivity index (χ2n) is 5.67. The lowest BCUT2D eigenvalue weighted by atomic mass is 10.1. The topological polar surface area (TPSA) is 24.9 Å². The summed E-state index contributed by atoms with van der Waals surface area (Å²) in [7, 11) is 0. The van der Waals surface area contributed by atoms with Crippen LogP contribution < -0.4 is 5.32 Å². The molecular weight excluding hydrogens is 283 g/mol. The van der Waals surface area contributed by atoms with Crippen LogP contribution in [0.25, 0.3) is 0 Å². The lowest BCUT2D eigenvalue weighted by Crippen LogP contribution is -2.13. The van der Waals surface area contributed by atoms with Gasteiger partial charge >= 0.3 is 0 Å². The number of aromatic nitrogens is 1. The van der Waals surface area contributed by atoms with Gasteiger partial charge in [-0.25, -0.2) is 9.37 Å². The second-order valence-corrected chi connectivity index (χ2v) is 6.84. The molecule has 1 fully saturated rings. The summed E-state index contributed by atoms with van der Waals surface area (Å²) in [6.07, 6.45) is 4.41. The van der Waals surface area contributed by atoms with Crippen LogP contribution in [0.4, 0.5) is 4.39 Å². The first-order chi connectivity index (χ1) is 10.3. The van der Waals surface area contributed by atoms with E-state index in [1.807, 2.05) is 6.07 Å². The van der Waals surface area contributed by atoms with Crippen molar-refractivity contribution in [2.45, 2.75) is 45.1 Å². The summed E-state index contributed by atoms with van der Waals surface area (Å²) in [5.41, 5.74) is 2.29. The largest absolute Gasteiger partial charge is 0.312 e. The first-order valence-corrected chi connectivity index (χ1v) is 8.51. The Bertz CT molecular complexity index is 605. The maximum atomic E-state index is 13.3. The van der Waals surface area contributed by atoms with Gasteiger partial charge in [0, 0.05) is 23.8 Å². The van der Waals surface area contributed by atoms with Crippen LogP contribution >= 0.6 is 11.3 Å². The van der Waals surface area contributed by atoms with Crippen LogP contribution in [0.15, 0.2) is 24.3 Å². The number of halogens is 1. The molecule has 0 spiro atoms. The van der Waals surface area contributed by atoms with E-state index in [1.165, 1.54) is 29.5 Å². The monoisotopic (exact) mass is 304 g/mol. The smallest absolute Gasteiger partial charge is 0.123 e. The van der Waals surface area contributed by atoms with Gasteiger partial charge in [0.2, 0.25) is 0 Å². The minimum absolute atomic E-state index is 0.170. The maximum absolute atomic E-state index is 13.3. The highest BCUT2D eigenvalue weighted by Crippen LogP contribution is 2.42. The predicted molar refractivity (Wildman–Crippen MR) is 85.3 cm³/mol. The van der Waals surface area contributed by atoms with Crippen LogP contribution in [0, 0.1) is 5.82 Å². The standard InChI is InChI=1S/C17H21FN2S/c1-2-8-19-11-15-17(13-6-7-13)20-16(21-15)10-12-4-3-5-14(18)9-12/h3-5,9,13,19H,2,6-8,10-11H2,1H3. The lowest BCUT2D eigenvalue weighted by molar-refractivity contribution is 0.626. The number of thiazole rings is 1. The molecule has 3 rings (SSSR count). The van der Waals surface area contributed by atoms with E-state index in [0.717, 1.165) is 36.5 Å². The number of nitrogens with zero attached hydrogens (tertiary/aromatic N) is 1. The van der Waals surface area contributed by atoms with Crippen molar-refractivity contribution in [1.82, 2.24) is 10.3 Å². The van der Waals surface area contributed by atoms with Gasteiger partial charge in [-0.15, -0.1) is 11.3 Å². The van der Waals surface area contributed by atoms with Crippen molar-refractivity contribution in [2.24, 2.45) is 0 Å². The van der Waals surface area contributed by atoms with Crippen molar-refractivity contribution in [3.8, 4) is 0 Å². The molecule has 1 heterocycles. The van der Waals surface area contributed by atoms with E-state index in [2.05, 4.69) is 12.2 Å². The fraction of sp³-hybridized carbons (Fsp3) is 0.471. The molecule has 4 heteroatoms. The Morgan fingerprint density at radius 2 is 2.24 bits per heavy atom. The summed E-state index contributed by atoms with van der Waals surface area (Å²) >= 11 is 1.78. The lowest BCUT2D eigenvalue weighted by Gasteiger charge is -2.01. The van der Waals surface area contributed by atoms with Crippen molar-refractivity contribution in [3.05, 3.63) is 51.2 Å². The molecule has 0 amide bonds. The zero-order valence-electron chi connectivity index (χ0n) is 12.4. The summed E-state index contributed by atoms with van der Waals surface area (Å²) in [6.45, 7) is 4.14. The molecule has 0 saturated heterocycles. The molecule has 2 aromatic rings. The third-order valence-electron chi connectivity index (χ3n) is 3.69. The van der Waals surface area contributed by atoms with E-state index in [9.17, 15) is 4.39 Å². The van der Waals surface area contributed by atoms with Gasteiger partial charge in [-0.1, -0.05) is 19.1 Å². The average Bonchev–Trinajstić information content (AvgIpc) is 3.22. The summed E-state index contributed by atoms with van der Waals surface area (Å²) in [5.74, 6) is 0.497. The fourth-order valence-corrected chi connectivity index (χ4v) is 3.65. The summed E-state index contributed by atoms with van der Waals surface area (Å²) in [6, 6.07) is 6.83. The zero-order chi connectivity index (χ0) is 14.7. The van der Waals surface area contributed by atoms with Crippen LogP contribution in [0.1, 0.15) is 53.2 Å². The zero-order valence-corrected chi connectivity index (χ0v) is 13.2. The summed E-state index contributed by atoms with van der Waals surface area (Å²) < 4.78 is 13.3. The predicted octanol–water partition coefficient (Wildman–Crippen LogP) is 4.25. The maximum Gasteiger partial charge on any atom is 0.123 e. The van der Waals surface area contributed by atoms with Gasteiger partial charge in [0.1, 0.15) is 5.82 Å². The Morgan fingerprint density at radius 3 is 2.95 bits per heavy atom. The summed E-state index contributed by atoms with van der Waals surface area (Å²) in [4.78, 5) is 6.20.